The first kappa shape index (κ1) is 22.5. The van der Waals surface area contributed by atoms with Crippen molar-refractivity contribution in [2.45, 2.75) is 24.4 Å². The van der Waals surface area contributed by atoms with Crippen LogP contribution in [0.15, 0.2) is 78.0 Å². The quantitative estimate of drug-likeness (QED) is 0.551. The van der Waals surface area contributed by atoms with Crippen LogP contribution in [0.2, 0.25) is 0 Å². The fraction of sp³-hybridized carbons (Fsp3) is 0.217. The Hall–Kier alpha value is -3.23. The molecule has 8 heteroatoms. The van der Waals surface area contributed by atoms with Crippen LogP contribution < -0.4 is 4.90 Å². The second kappa shape index (κ2) is 9.72. The zero-order chi connectivity index (χ0) is 22.4. The van der Waals surface area contributed by atoms with Crippen molar-refractivity contribution in [3.63, 3.8) is 0 Å². The third kappa shape index (κ3) is 5.68. The molecule has 0 aliphatic carbocycles. The number of carboxylic acid groups (broad SMARTS) is 1. The van der Waals surface area contributed by atoms with E-state index in [0.717, 1.165) is 11.3 Å². The molecule has 0 saturated heterocycles. The summed E-state index contributed by atoms with van der Waals surface area (Å²) in [7, 11) is 0.0199. The molecule has 0 bridgehead atoms. The van der Waals surface area contributed by atoms with Crippen LogP contribution in [0.5, 0.6) is 0 Å². The topological polar surface area (TPSA) is 90.8 Å². The van der Waals surface area contributed by atoms with Gasteiger partial charge in [0, 0.05) is 45.3 Å². The van der Waals surface area contributed by atoms with Crippen LogP contribution >= 0.6 is 0 Å². The van der Waals surface area contributed by atoms with Gasteiger partial charge >= 0.3 is 5.97 Å². The smallest absolute Gasteiger partial charge is 0.307 e. The van der Waals surface area contributed by atoms with Crippen LogP contribution in [0, 0.1) is 0 Å². The number of aliphatic carboxylic acids is 1. The minimum atomic E-state index is -3.86. The second-order valence-corrected chi connectivity index (χ2v) is 9.30. The predicted molar refractivity (Wildman–Crippen MR) is 119 cm³/mol. The Morgan fingerprint density at radius 2 is 1.61 bits per heavy atom. The average molecular weight is 440 g/mol. The van der Waals surface area contributed by atoms with Crippen molar-refractivity contribution in [2.24, 2.45) is 0 Å². The highest BCUT2D eigenvalue weighted by Crippen LogP contribution is 2.23. The molecule has 0 aliphatic heterocycles. The number of benzene rings is 2. The highest BCUT2D eigenvalue weighted by Gasteiger charge is 2.26. The van der Waals surface area contributed by atoms with Crippen LogP contribution in [0.3, 0.4) is 0 Å². The summed E-state index contributed by atoms with van der Waals surface area (Å²) in [5.74, 6) is -0.964. The molecule has 7 nitrogen and oxygen atoms in total. The predicted octanol–water partition coefficient (Wildman–Crippen LogP) is 3.17. The van der Waals surface area contributed by atoms with E-state index in [2.05, 4.69) is 4.98 Å². The molecule has 0 fully saturated rings. The van der Waals surface area contributed by atoms with Crippen LogP contribution in [0.1, 0.15) is 16.7 Å². The van der Waals surface area contributed by atoms with Gasteiger partial charge in [0.15, 0.2) is 0 Å². The van der Waals surface area contributed by atoms with Gasteiger partial charge in [0.1, 0.15) is 4.90 Å². The number of hydrogen-bond acceptors (Lipinski definition) is 5. The van der Waals surface area contributed by atoms with Gasteiger partial charge in [0.05, 0.1) is 6.42 Å². The van der Waals surface area contributed by atoms with Gasteiger partial charge in [-0.05, 0) is 41.0 Å². The number of hydrogen-bond donors (Lipinski definition) is 1. The Labute approximate surface area is 182 Å². The molecule has 0 spiro atoms. The summed E-state index contributed by atoms with van der Waals surface area (Å²) >= 11 is 0. The molecule has 1 N–H and O–H groups in total. The summed E-state index contributed by atoms with van der Waals surface area (Å²) in [5, 5.41) is 9.23. The van der Waals surface area contributed by atoms with Gasteiger partial charge in [-0.3, -0.25) is 9.78 Å². The van der Waals surface area contributed by atoms with Crippen molar-refractivity contribution < 1.29 is 18.3 Å². The first-order chi connectivity index (χ1) is 14.8. The lowest BCUT2D eigenvalue weighted by Gasteiger charge is -2.24. The van der Waals surface area contributed by atoms with E-state index in [1.165, 1.54) is 22.8 Å². The molecule has 162 valence electrons. The van der Waals surface area contributed by atoms with E-state index in [1.54, 1.807) is 30.3 Å². The molecular formula is C23H25N3O4S. The molecule has 0 atom stereocenters. The number of aromatic nitrogens is 1. The minimum absolute atomic E-state index is 0.0517. The molecule has 0 aliphatic rings. The molecule has 3 rings (SSSR count). The van der Waals surface area contributed by atoms with Crippen molar-refractivity contribution in [3.05, 3.63) is 89.7 Å². The first-order valence-corrected chi connectivity index (χ1v) is 11.2. The zero-order valence-corrected chi connectivity index (χ0v) is 18.3. The molecule has 0 radical (unpaired) electrons. The first-order valence-electron chi connectivity index (χ1n) is 9.72. The van der Waals surface area contributed by atoms with E-state index in [4.69, 9.17) is 0 Å². The molecule has 0 amide bonds. The van der Waals surface area contributed by atoms with Crippen LogP contribution in [0.25, 0.3) is 0 Å². The maximum atomic E-state index is 13.4. The van der Waals surface area contributed by atoms with Gasteiger partial charge in [0.25, 0.3) is 0 Å². The van der Waals surface area contributed by atoms with E-state index in [1.807, 2.05) is 43.3 Å². The summed E-state index contributed by atoms with van der Waals surface area (Å²) in [6, 6.07) is 17.7. The Kier molecular flexibility index (Phi) is 7.04. The lowest BCUT2D eigenvalue weighted by molar-refractivity contribution is -0.136. The lowest BCUT2D eigenvalue weighted by Crippen LogP contribution is -2.31. The Balaban J connectivity index is 1.98. The monoisotopic (exact) mass is 439 g/mol. The highest BCUT2D eigenvalue weighted by molar-refractivity contribution is 7.89. The molecule has 2 aromatic carbocycles. The maximum Gasteiger partial charge on any atom is 0.307 e. The zero-order valence-electron chi connectivity index (χ0n) is 17.5. The third-order valence-electron chi connectivity index (χ3n) is 4.89. The lowest BCUT2D eigenvalue weighted by atomic mass is 10.0. The largest absolute Gasteiger partial charge is 0.481 e. The molecule has 0 unspecified atom stereocenters. The van der Waals surface area contributed by atoms with Crippen molar-refractivity contribution >= 4 is 21.7 Å². The maximum absolute atomic E-state index is 13.4. The number of anilines is 1. The normalized spacial score (nSPS) is 11.5. The highest BCUT2D eigenvalue weighted by atomic mass is 32.2. The van der Waals surface area contributed by atoms with E-state index >= 15 is 0 Å². The van der Waals surface area contributed by atoms with E-state index < -0.39 is 16.0 Å². The van der Waals surface area contributed by atoms with Gasteiger partial charge in [-0.25, -0.2) is 8.42 Å². The fourth-order valence-electron chi connectivity index (χ4n) is 3.21. The second-order valence-electron chi connectivity index (χ2n) is 7.36. The molecule has 1 aromatic heterocycles. The number of carbonyl (C=O) groups is 1. The Morgan fingerprint density at radius 3 is 2.19 bits per heavy atom. The SMILES string of the molecule is CN(C)c1ccc(CN(Cc2ccccc2CC(=O)O)S(=O)(=O)c2cccnc2)cc1. The Morgan fingerprint density at radius 1 is 0.935 bits per heavy atom. The molecule has 31 heavy (non-hydrogen) atoms. The summed E-state index contributed by atoms with van der Waals surface area (Å²) in [6.07, 6.45) is 2.67. The molecule has 1 heterocycles. The van der Waals surface area contributed by atoms with E-state index in [0.29, 0.717) is 11.1 Å². The number of nitrogens with zero attached hydrogens (tertiary/aromatic N) is 3. The van der Waals surface area contributed by atoms with E-state index in [9.17, 15) is 18.3 Å². The number of carboxylic acids is 1. The number of sulfonamides is 1. The summed E-state index contributed by atoms with van der Waals surface area (Å²) in [4.78, 5) is 17.3. The van der Waals surface area contributed by atoms with Crippen molar-refractivity contribution in [2.75, 3.05) is 19.0 Å². The van der Waals surface area contributed by atoms with Gasteiger partial charge in [-0.1, -0.05) is 36.4 Å². The van der Waals surface area contributed by atoms with Crippen molar-refractivity contribution in [1.82, 2.24) is 9.29 Å². The van der Waals surface area contributed by atoms with Crippen LogP contribution in [-0.4, -0.2) is 42.9 Å². The number of rotatable bonds is 9. The van der Waals surface area contributed by atoms with Crippen LogP contribution in [-0.2, 0) is 34.3 Å². The summed E-state index contributed by atoms with van der Waals surface area (Å²) in [6.45, 7) is 0.197. The standard InChI is InChI=1S/C23H25N3O4S/c1-25(2)21-11-9-18(10-12-21)16-26(31(29,30)22-8-5-13-24-15-22)17-20-7-4-3-6-19(20)14-23(27)28/h3-13,15H,14,16-17H2,1-2H3,(H,27,28). The summed E-state index contributed by atoms with van der Waals surface area (Å²) < 4.78 is 28.2. The summed E-state index contributed by atoms with van der Waals surface area (Å²) in [5.41, 5.74) is 3.08. The van der Waals surface area contributed by atoms with Gasteiger partial charge in [-0.15, -0.1) is 0 Å². The third-order valence-corrected chi connectivity index (χ3v) is 6.67. The molecule has 3 aromatic rings. The average Bonchev–Trinajstić information content (AvgIpc) is 2.75. The van der Waals surface area contributed by atoms with Gasteiger partial charge < -0.3 is 10.0 Å². The molecular weight excluding hydrogens is 414 g/mol. The fourth-order valence-corrected chi connectivity index (χ4v) is 4.59. The van der Waals surface area contributed by atoms with E-state index in [-0.39, 0.29) is 24.4 Å². The van der Waals surface area contributed by atoms with Gasteiger partial charge in [-0.2, -0.15) is 4.31 Å². The van der Waals surface area contributed by atoms with Crippen molar-refractivity contribution in [3.8, 4) is 0 Å². The van der Waals surface area contributed by atoms with Gasteiger partial charge in [0.2, 0.25) is 10.0 Å². The minimum Gasteiger partial charge on any atom is -0.481 e. The Bertz CT molecular complexity index is 1130. The molecule has 0 saturated carbocycles. The van der Waals surface area contributed by atoms with Crippen molar-refractivity contribution in [1.29, 1.82) is 0 Å². The number of pyridine rings is 1. The van der Waals surface area contributed by atoms with Crippen LogP contribution in [0.4, 0.5) is 5.69 Å².